The number of halogens is 1. The second-order valence-electron chi connectivity index (χ2n) is 1.57. The van der Waals surface area contributed by atoms with Gasteiger partial charge < -0.3 is 4.84 Å². The fraction of sp³-hybridized carbons (Fsp3) is 0.750. The highest BCUT2D eigenvalue weighted by Crippen LogP contribution is 2.05. The van der Waals surface area contributed by atoms with Crippen LogP contribution >= 0.6 is 15.9 Å². The Morgan fingerprint density at radius 3 is 2.88 bits per heavy atom. The summed E-state index contributed by atoms with van der Waals surface area (Å²) < 4.78 is 0.587. The lowest BCUT2D eigenvalue weighted by atomic mass is 10.3. The highest BCUT2D eigenvalue weighted by molar-refractivity contribution is 9.18. The van der Waals surface area contributed by atoms with Gasteiger partial charge in [0.2, 0.25) is 0 Å². The highest BCUT2D eigenvalue weighted by atomic mass is 79.9. The van der Waals surface area contributed by atoms with E-state index in [2.05, 4.69) is 20.8 Å². The number of hydrogen-bond donors (Lipinski definition) is 0. The van der Waals surface area contributed by atoms with Crippen LogP contribution < -0.4 is 0 Å². The minimum Gasteiger partial charge on any atom is -0.403 e. The van der Waals surface area contributed by atoms with Crippen LogP contribution in [0.2, 0.25) is 0 Å². The van der Waals surface area contributed by atoms with E-state index in [1.165, 1.54) is 0 Å². The van der Waals surface area contributed by atoms with Crippen molar-refractivity contribution in [1.29, 1.82) is 0 Å². The van der Waals surface area contributed by atoms with Crippen molar-refractivity contribution in [2.75, 3.05) is 6.61 Å². The lowest BCUT2D eigenvalue weighted by Gasteiger charge is -2.10. The zero-order chi connectivity index (χ0) is 5.98. The molecule has 3 nitrogen and oxygen atoms in total. The van der Waals surface area contributed by atoms with Crippen molar-refractivity contribution < 1.29 is 9.74 Å². The molecular formula is C4H6BrNO2. The molecule has 0 bridgehead atoms. The third kappa shape index (κ3) is 1.12. The Morgan fingerprint density at radius 1 is 1.75 bits per heavy atom. The molecule has 0 N–H and O–H groups in total. The molecule has 0 aromatic carbocycles. The van der Waals surface area contributed by atoms with Crippen molar-refractivity contribution in [3.8, 4) is 0 Å². The van der Waals surface area contributed by atoms with Gasteiger partial charge in [-0.15, -0.1) is 0 Å². The SMILES string of the molecule is [O-][N+]1=C(Br)CCCO1. The maximum absolute atomic E-state index is 10.4. The molecule has 0 amide bonds. The molecule has 0 fully saturated rings. The first kappa shape index (κ1) is 5.88. The van der Waals surface area contributed by atoms with Gasteiger partial charge in [-0.3, -0.25) is 5.21 Å². The number of nitrogens with zero attached hydrogens (tertiary/aromatic N) is 1. The fourth-order valence-electron chi connectivity index (χ4n) is 0.527. The summed E-state index contributed by atoms with van der Waals surface area (Å²) >= 11 is 3.06. The van der Waals surface area contributed by atoms with Crippen LogP contribution in [-0.2, 0) is 4.84 Å². The van der Waals surface area contributed by atoms with Crippen LogP contribution in [0.4, 0.5) is 0 Å². The summed E-state index contributed by atoms with van der Waals surface area (Å²) in [5.74, 6) is 0. The van der Waals surface area contributed by atoms with E-state index in [0.717, 1.165) is 12.8 Å². The van der Waals surface area contributed by atoms with Crippen LogP contribution in [0, 0.1) is 5.21 Å². The first-order chi connectivity index (χ1) is 3.80. The topological polar surface area (TPSA) is 35.3 Å². The Labute approximate surface area is 55.6 Å². The molecule has 0 aromatic heterocycles. The lowest BCUT2D eigenvalue weighted by molar-refractivity contribution is -0.744. The summed E-state index contributed by atoms with van der Waals surface area (Å²) in [5.41, 5.74) is 0. The summed E-state index contributed by atoms with van der Waals surface area (Å²) in [6, 6.07) is 0. The Balaban J connectivity index is 2.60. The molecular weight excluding hydrogens is 174 g/mol. The van der Waals surface area contributed by atoms with Gasteiger partial charge in [-0.2, -0.15) is 0 Å². The Bertz CT molecular complexity index is 109. The van der Waals surface area contributed by atoms with E-state index in [9.17, 15) is 5.21 Å². The monoisotopic (exact) mass is 179 g/mol. The van der Waals surface area contributed by atoms with Gasteiger partial charge in [-0.25, -0.2) is 0 Å². The average molecular weight is 180 g/mol. The minimum atomic E-state index is 0.517. The Morgan fingerprint density at radius 2 is 2.50 bits per heavy atom. The second kappa shape index (κ2) is 2.35. The standard InChI is InChI=1S/C4H6BrNO2/c5-4-2-1-3-8-6(4)7/h1-3H2. The van der Waals surface area contributed by atoms with E-state index < -0.39 is 0 Å². The first-order valence-electron chi connectivity index (χ1n) is 2.42. The quantitative estimate of drug-likeness (QED) is 0.521. The Hall–Kier alpha value is -0.250. The molecule has 0 aliphatic carbocycles. The highest BCUT2D eigenvalue weighted by Gasteiger charge is 2.11. The van der Waals surface area contributed by atoms with Crippen molar-refractivity contribution in [3.05, 3.63) is 5.21 Å². The number of hydrogen-bond acceptors (Lipinski definition) is 2. The molecule has 4 heteroatoms. The van der Waals surface area contributed by atoms with Crippen LogP contribution in [0.15, 0.2) is 0 Å². The summed E-state index contributed by atoms with van der Waals surface area (Å²) in [5, 5.41) is 10.4. The average Bonchev–Trinajstić information content (AvgIpc) is 1.77. The van der Waals surface area contributed by atoms with E-state index in [1.54, 1.807) is 0 Å². The van der Waals surface area contributed by atoms with Gasteiger partial charge in [0.15, 0.2) is 0 Å². The van der Waals surface area contributed by atoms with E-state index in [-0.39, 0.29) is 0 Å². The van der Waals surface area contributed by atoms with Crippen LogP contribution in [0.3, 0.4) is 0 Å². The molecule has 1 rings (SSSR count). The van der Waals surface area contributed by atoms with E-state index in [0.29, 0.717) is 16.1 Å². The van der Waals surface area contributed by atoms with Gasteiger partial charge in [0.25, 0.3) is 4.62 Å². The van der Waals surface area contributed by atoms with Gasteiger partial charge >= 0.3 is 0 Å². The maximum Gasteiger partial charge on any atom is 0.286 e. The van der Waals surface area contributed by atoms with Gasteiger partial charge in [-0.05, 0) is 6.42 Å². The van der Waals surface area contributed by atoms with Crippen LogP contribution in [0.25, 0.3) is 0 Å². The van der Waals surface area contributed by atoms with Crippen molar-refractivity contribution in [3.63, 3.8) is 0 Å². The van der Waals surface area contributed by atoms with Crippen LogP contribution in [0.5, 0.6) is 0 Å². The summed E-state index contributed by atoms with van der Waals surface area (Å²) in [6.07, 6.45) is 1.73. The fourth-order valence-corrected chi connectivity index (χ4v) is 0.910. The van der Waals surface area contributed by atoms with Crippen molar-refractivity contribution in [2.45, 2.75) is 12.8 Å². The van der Waals surface area contributed by atoms with Gasteiger partial charge in [0.1, 0.15) is 0 Å². The largest absolute Gasteiger partial charge is 0.403 e. The minimum absolute atomic E-state index is 0.517. The first-order valence-corrected chi connectivity index (χ1v) is 3.21. The third-order valence-corrected chi connectivity index (χ3v) is 1.62. The molecule has 0 spiro atoms. The third-order valence-electron chi connectivity index (χ3n) is 0.934. The molecule has 0 aromatic rings. The molecule has 1 heterocycles. The molecule has 0 saturated heterocycles. The van der Waals surface area contributed by atoms with E-state index >= 15 is 0 Å². The smallest absolute Gasteiger partial charge is 0.286 e. The predicted molar refractivity (Wildman–Crippen MR) is 32.7 cm³/mol. The molecule has 0 radical (unpaired) electrons. The molecule has 0 unspecified atom stereocenters. The van der Waals surface area contributed by atoms with Gasteiger partial charge in [-0.1, -0.05) is 0 Å². The van der Waals surface area contributed by atoms with E-state index in [4.69, 9.17) is 0 Å². The van der Waals surface area contributed by atoms with Crippen LogP contribution in [-0.4, -0.2) is 16.1 Å². The van der Waals surface area contributed by atoms with Crippen LogP contribution in [0.1, 0.15) is 12.8 Å². The molecule has 0 atom stereocenters. The van der Waals surface area contributed by atoms with Crippen molar-refractivity contribution in [1.82, 2.24) is 0 Å². The van der Waals surface area contributed by atoms with Gasteiger partial charge in [0, 0.05) is 27.3 Å². The predicted octanol–water partition coefficient (Wildman–Crippen LogP) is 1.02. The molecule has 1 aliphatic heterocycles. The molecule has 0 saturated carbocycles. The summed E-state index contributed by atoms with van der Waals surface area (Å²) in [4.78, 5) is 5.10. The van der Waals surface area contributed by atoms with Gasteiger partial charge in [0.05, 0.1) is 6.61 Å². The van der Waals surface area contributed by atoms with Crippen molar-refractivity contribution >= 4 is 20.6 Å². The van der Waals surface area contributed by atoms with E-state index in [1.807, 2.05) is 0 Å². The Kier molecular flexibility index (Phi) is 1.73. The summed E-state index contributed by atoms with van der Waals surface area (Å²) in [6.45, 7) is 0.540. The zero-order valence-electron chi connectivity index (χ0n) is 4.26. The lowest BCUT2D eigenvalue weighted by Crippen LogP contribution is -2.18. The maximum atomic E-state index is 10.4. The summed E-state index contributed by atoms with van der Waals surface area (Å²) in [7, 11) is 0. The number of rotatable bonds is 0. The molecule has 46 valence electrons. The zero-order valence-corrected chi connectivity index (χ0v) is 5.85. The van der Waals surface area contributed by atoms with Crippen molar-refractivity contribution in [2.24, 2.45) is 0 Å². The second-order valence-corrected chi connectivity index (χ2v) is 2.49. The normalized spacial score (nSPS) is 20.6. The molecule has 8 heavy (non-hydrogen) atoms. The molecule has 1 aliphatic rings.